The summed E-state index contributed by atoms with van der Waals surface area (Å²) >= 11 is 0. The van der Waals surface area contributed by atoms with Crippen LogP contribution in [0, 0.1) is 0 Å². The highest BCUT2D eigenvalue weighted by atomic mass is 19.4. The first-order valence-electron chi connectivity index (χ1n) is 3.97. The van der Waals surface area contributed by atoms with Crippen LogP contribution in [0.2, 0.25) is 0 Å². The van der Waals surface area contributed by atoms with E-state index in [1.54, 1.807) is 6.07 Å². The Morgan fingerprint density at radius 1 is 1.40 bits per heavy atom. The minimum absolute atomic E-state index is 0.105. The van der Waals surface area contributed by atoms with Crippen LogP contribution >= 0.6 is 0 Å². The molecule has 0 unspecified atom stereocenters. The average Bonchev–Trinajstić information content (AvgIpc) is 2.13. The number of anilines is 1. The molecule has 7 heteroatoms. The fourth-order valence-electron chi connectivity index (χ4n) is 0.787. The molecule has 4 nitrogen and oxygen atoms in total. The summed E-state index contributed by atoms with van der Waals surface area (Å²) in [6.07, 6.45) is -2.91. The van der Waals surface area contributed by atoms with Gasteiger partial charge in [-0.05, 0) is 12.1 Å². The standard InChI is InChI=1S/C8H9F3N2O2/c9-8(10,11)4-14-5-15-6-2-1-3-13-7(6)12/h1-3H,4-5H2,(H2,12,13). The highest BCUT2D eigenvalue weighted by molar-refractivity contribution is 5.44. The number of hydrogen-bond acceptors (Lipinski definition) is 4. The van der Waals surface area contributed by atoms with Crippen molar-refractivity contribution in [3.8, 4) is 5.75 Å². The summed E-state index contributed by atoms with van der Waals surface area (Å²) in [5.41, 5.74) is 5.37. The molecule has 0 spiro atoms. The van der Waals surface area contributed by atoms with Gasteiger partial charge in [0.15, 0.2) is 18.4 Å². The Kier molecular flexibility index (Phi) is 3.73. The number of aromatic nitrogens is 1. The molecule has 0 aromatic carbocycles. The van der Waals surface area contributed by atoms with E-state index in [2.05, 4.69) is 9.72 Å². The van der Waals surface area contributed by atoms with Gasteiger partial charge in [0.2, 0.25) is 0 Å². The van der Waals surface area contributed by atoms with E-state index in [0.29, 0.717) is 0 Å². The molecule has 1 rings (SSSR count). The van der Waals surface area contributed by atoms with Crippen LogP contribution in [0.4, 0.5) is 19.0 Å². The fourth-order valence-corrected chi connectivity index (χ4v) is 0.787. The van der Waals surface area contributed by atoms with E-state index in [9.17, 15) is 13.2 Å². The first-order valence-corrected chi connectivity index (χ1v) is 3.97. The number of halogens is 3. The van der Waals surface area contributed by atoms with Gasteiger partial charge < -0.3 is 15.2 Å². The lowest BCUT2D eigenvalue weighted by molar-refractivity contribution is -0.186. The third-order valence-electron chi connectivity index (χ3n) is 1.36. The molecule has 0 fully saturated rings. The number of nitrogens with zero attached hydrogens (tertiary/aromatic N) is 1. The Labute approximate surface area is 83.8 Å². The minimum atomic E-state index is -4.36. The van der Waals surface area contributed by atoms with Gasteiger partial charge in [0, 0.05) is 6.20 Å². The van der Waals surface area contributed by atoms with E-state index >= 15 is 0 Å². The molecule has 0 saturated carbocycles. The number of hydrogen-bond donors (Lipinski definition) is 1. The Bertz CT molecular complexity index is 317. The summed E-state index contributed by atoms with van der Waals surface area (Å²) in [6, 6.07) is 3.04. The van der Waals surface area contributed by atoms with Crippen LogP contribution in [0.25, 0.3) is 0 Å². The normalized spacial score (nSPS) is 11.4. The molecule has 0 aliphatic carbocycles. The Morgan fingerprint density at radius 3 is 2.73 bits per heavy atom. The molecule has 1 heterocycles. The summed E-state index contributed by atoms with van der Waals surface area (Å²) in [5.74, 6) is 0.299. The van der Waals surface area contributed by atoms with Gasteiger partial charge in [0.25, 0.3) is 0 Å². The van der Waals surface area contributed by atoms with Crippen LogP contribution in [0.1, 0.15) is 0 Å². The second kappa shape index (κ2) is 4.83. The minimum Gasteiger partial charge on any atom is -0.464 e. The van der Waals surface area contributed by atoms with Gasteiger partial charge in [-0.1, -0.05) is 0 Å². The van der Waals surface area contributed by atoms with Crippen LogP contribution < -0.4 is 10.5 Å². The van der Waals surface area contributed by atoms with Crippen molar-refractivity contribution in [1.29, 1.82) is 0 Å². The summed E-state index contributed by atoms with van der Waals surface area (Å²) in [6.45, 7) is -1.87. The van der Waals surface area contributed by atoms with Crippen molar-refractivity contribution in [1.82, 2.24) is 4.98 Å². The van der Waals surface area contributed by atoms with Crippen molar-refractivity contribution in [2.45, 2.75) is 6.18 Å². The first-order chi connectivity index (χ1) is 6.99. The largest absolute Gasteiger partial charge is 0.464 e. The summed E-state index contributed by atoms with van der Waals surface area (Å²) < 4.78 is 44.0. The molecular formula is C8H9F3N2O2. The van der Waals surface area contributed by atoms with E-state index in [1.807, 2.05) is 0 Å². The molecule has 0 bridgehead atoms. The monoisotopic (exact) mass is 222 g/mol. The molecule has 0 amide bonds. The van der Waals surface area contributed by atoms with E-state index in [-0.39, 0.29) is 11.6 Å². The second-order valence-electron chi connectivity index (χ2n) is 2.61. The molecule has 0 aliphatic rings. The molecule has 0 aliphatic heterocycles. The highest BCUT2D eigenvalue weighted by Gasteiger charge is 2.27. The van der Waals surface area contributed by atoms with Gasteiger partial charge in [0.05, 0.1) is 0 Å². The van der Waals surface area contributed by atoms with Crippen LogP contribution in [-0.2, 0) is 4.74 Å². The van der Waals surface area contributed by atoms with Crippen LogP contribution in [0.5, 0.6) is 5.75 Å². The summed E-state index contributed by atoms with van der Waals surface area (Å²) in [7, 11) is 0. The van der Waals surface area contributed by atoms with E-state index < -0.39 is 19.6 Å². The number of nitrogen functional groups attached to an aromatic ring is 1. The third-order valence-corrected chi connectivity index (χ3v) is 1.36. The zero-order valence-corrected chi connectivity index (χ0v) is 7.62. The van der Waals surface area contributed by atoms with E-state index in [0.717, 1.165) is 0 Å². The Morgan fingerprint density at radius 2 is 2.13 bits per heavy atom. The van der Waals surface area contributed by atoms with E-state index in [1.165, 1.54) is 12.3 Å². The number of nitrogens with two attached hydrogens (primary N) is 1. The predicted molar refractivity (Wildman–Crippen MR) is 46.2 cm³/mol. The Hall–Kier alpha value is -1.50. The maximum atomic E-state index is 11.6. The van der Waals surface area contributed by atoms with Crippen LogP contribution in [0.3, 0.4) is 0 Å². The van der Waals surface area contributed by atoms with Crippen molar-refractivity contribution in [3.63, 3.8) is 0 Å². The highest BCUT2D eigenvalue weighted by Crippen LogP contribution is 2.18. The maximum absolute atomic E-state index is 11.6. The lowest BCUT2D eigenvalue weighted by atomic mass is 10.4. The predicted octanol–water partition coefficient (Wildman–Crippen LogP) is 1.58. The number of pyridine rings is 1. The molecule has 0 saturated heterocycles. The molecule has 1 aromatic heterocycles. The van der Waals surface area contributed by atoms with Gasteiger partial charge in [-0.2, -0.15) is 13.2 Å². The van der Waals surface area contributed by atoms with Crippen molar-refractivity contribution in [2.24, 2.45) is 0 Å². The van der Waals surface area contributed by atoms with E-state index in [4.69, 9.17) is 10.5 Å². The molecule has 2 N–H and O–H groups in total. The van der Waals surface area contributed by atoms with Gasteiger partial charge in [0.1, 0.15) is 6.61 Å². The first kappa shape index (κ1) is 11.6. The maximum Gasteiger partial charge on any atom is 0.411 e. The SMILES string of the molecule is Nc1ncccc1OCOCC(F)(F)F. The average molecular weight is 222 g/mol. The van der Waals surface area contributed by atoms with Gasteiger partial charge in [-0.25, -0.2) is 4.98 Å². The van der Waals surface area contributed by atoms with Crippen molar-refractivity contribution in [3.05, 3.63) is 18.3 Å². The molecule has 0 atom stereocenters. The number of ether oxygens (including phenoxy) is 2. The van der Waals surface area contributed by atoms with Gasteiger partial charge >= 0.3 is 6.18 Å². The molecule has 84 valence electrons. The zero-order chi connectivity index (χ0) is 11.3. The van der Waals surface area contributed by atoms with Crippen LogP contribution in [-0.4, -0.2) is 24.6 Å². The van der Waals surface area contributed by atoms with Crippen LogP contribution in [0.15, 0.2) is 18.3 Å². The van der Waals surface area contributed by atoms with Gasteiger partial charge in [-0.3, -0.25) is 0 Å². The molecule has 0 radical (unpaired) electrons. The topological polar surface area (TPSA) is 57.4 Å². The molecular weight excluding hydrogens is 213 g/mol. The lowest BCUT2D eigenvalue weighted by Gasteiger charge is -2.09. The zero-order valence-electron chi connectivity index (χ0n) is 7.62. The van der Waals surface area contributed by atoms with Gasteiger partial charge in [-0.15, -0.1) is 0 Å². The quantitative estimate of drug-likeness (QED) is 0.620. The van der Waals surface area contributed by atoms with Crippen molar-refractivity contribution in [2.75, 3.05) is 19.1 Å². The molecule has 1 aromatic rings. The van der Waals surface area contributed by atoms with Crippen molar-refractivity contribution >= 4 is 5.82 Å². The number of rotatable bonds is 4. The summed E-state index contributed by atoms with van der Waals surface area (Å²) in [5, 5.41) is 0. The van der Waals surface area contributed by atoms with Crippen molar-refractivity contribution < 1.29 is 22.6 Å². The summed E-state index contributed by atoms with van der Waals surface area (Å²) in [4.78, 5) is 3.68. The molecule has 15 heavy (non-hydrogen) atoms. The Balaban J connectivity index is 2.30. The second-order valence-corrected chi connectivity index (χ2v) is 2.61. The fraction of sp³-hybridized carbons (Fsp3) is 0.375. The third kappa shape index (κ3) is 4.50. The smallest absolute Gasteiger partial charge is 0.411 e. The lowest BCUT2D eigenvalue weighted by Crippen LogP contribution is -2.19. The number of alkyl halides is 3.